The molecule has 1 unspecified atom stereocenters. The average molecular weight is 308 g/mol. The number of carbonyl (C=O) groups is 2. The molecule has 1 aliphatic carbocycles. The molecule has 22 heavy (non-hydrogen) atoms. The van der Waals surface area contributed by atoms with Gasteiger partial charge in [0, 0.05) is 38.8 Å². The van der Waals surface area contributed by atoms with Crippen LogP contribution in [0.25, 0.3) is 0 Å². The van der Waals surface area contributed by atoms with Crippen LogP contribution in [-0.2, 0) is 9.59 Å². The van der Waals surface area contributed by atoms with E-state index in [9.17, 15) is 9.59 Å². The van der Waals surface area contributed by atoms with Crippen LogP contribution in [0.4, 0.5) is 0 Å². The lowest BCUT2D eigenvalue weighted by atomic mass is 10.0. The molecule has 2 N–H and O–H groups in total. The summed E-state index contributed by atoms with van der Waals surface area (Å²) in [6.45, 7) is 6.46. The second kappa shape index (κ2) is 6.16. The predicted molar refractivity (Wildman–Crippen MR) is 84.2 cm³/mol. The zero-order valence-electron chi connectivity index (χ0n) is 13.6. The maximum atomic E-state index is 12.4. The van der Waals surface area contributed by atoms with E-state index in [0.29, 0.717) is 25.7 Å². The van der Waals surface area contributed by atoms with Gasteiger partial charge in [-0.15, -0.1) is 0 Å². The predicted octanol–water partition coefficient (Wildman–Crippen LogP) is 0.0229. The first-order chi connectivity index (χ1) is 10.5. The second-order valence-electron chi connectivity index (χ2n) is 7.16. The first-order valence-electron chi connectivity index (χ1n) is 8.60. The van der Waals surface area contributed by atoms with Crippen LogP contribution in [0.2, 0.25) is 0 Å². The minimum absolute atomic E-state index is 0.100. The Morgan fingerprint density at radius 3 is 2.36 bits per heavy atom. The molecule has 124 valence electrons. The van der Waals surface area contributed by atoms with E-state index in [4.69, 9.17) is 5.73 Å². The fraction of sp³-hybridized carbons (Fsp3) is 0.875. The SMILES string of the molecule is CC1CCCCN1C(=O)CN1CCN(C(=O)C2(N)CC2)CC1. The van der Waals surface area contributed by atoms with Crippen LogP contribution in [0.5, 0.6) is 0 Å². The number of nitrogens with two attached hydrogens (primary N) is 1. The van der Waals surface area contributed by atoms with E-state index >= 15 is 0 Å². The minimum Gasteiger partial charge on any atom is -0.339 e. The number of hydrogen-bond donors (Lipinski definition) is 1. The van der Waals surface area contributed by atoms with Crippen LogP contribution < -0.4 is 5.73 Å². The summed E-state index contributed by atoms with van der Waals surface area (Å²) < 4.78 is 0. The van der Waals surface area contributed by atoms with Crippen LogP contribution in [0.3, 0.4) is 0 Å². The molecule has 6 nitrogen and oxygen atoms in total. The van der Waals surface area contributed by atoms with Crippen LogP contribution in [0, 0.1) is 0 Å². The Morgan fingerprint density at radius 1 is 1.09 bits per heavy atom. The monoisotopic (exact) mass is 308 g/mol. The lowest BCUT2D eigenvalue weighted by Gasteiger charge is -2.38. The summed E-state index contributed by atoms with van der Waals surface area (Å²) in [6.07, 6.45) is 5.10. The van der Waals surface area contributed by atoms with Gasteiger partial charge in [-0.25, -0.2) is 0 Å². The second-order valence-corrected chi connectivity index (χ2v) is 7.16. The topological polar surface area (TPSA) is 69.9 Å². The van der Waals surface area contributed by atoms with E-state index in [1.54, 1.807) is 0 Å². The molecular formula is C16H28N4O2. The molecular weight excluding hydrogens is 280 g/mol. The molecule has 0 spiro atoms. The number of rotatable bonds is 3. The highest BCUT2D eigenvalue weighted by Crippen LogP contribution is 2.34. The van der Waals surface area contributed by atoms with Crippen molar-refractivity contribution in [2.45, 2.75) is 50.6 Å². The molecule has 3 aliphatic rings. The van der Waals surface area contributed by atoms with E-state index in [1.807, 2.05) is 9.80 Å². The van der Waals surface area contributed by atoms with E-state index in [2.05, 4.69) is 11.8 Å². The van der Waals surface area contributed by atoms with Crippen molar-refractivity contribution < 1.29 is 9.59 Å². The van der Waals surface area contributed by atoms with Gasteiger partial charge in [-0.1, -0.05) is 0 Å². The maximum Gasteiger partial charge on any atom is 0.242 e. The molecule has 0 aromatic heterocycles. The summed E-state index contributed by atoms with van der Waals surface area (Å²) in [4.78, 5) is 30.7. The Labute approximate surface area is 132 Å². The molecule has 0 bridgehead atoms. The molecule has 1 atom stereocenters. The number of piperidine rings is 1. The third-order valence-electron chi connectivity index (χ3n) is 5.36. The van der Waals surface area contributed by atoms with E-state index in [1.165, 1.54) is 6.42 Å². The molecule has 6 heteroatoms. The highest BCUT2D eigenvalue weighted by Gasteiger charge is 2.48. The van der Waals surface area contributed by atoms with Crippen molar-refractivity contribution in [1.29, 1.82) is 0 Å². The van der Waals surface area contributed by atoms with Crippen molar-refractivity contribution in [1.82, 2.24) is 14.7 Å². The van der Waals surface area contributed by atoms with Gasteiger partial charge >= 0.3 is 0 Å². The average Bonchev–Trinajstić information content (AvgIpc) is 3.27. The van der Waals surface area contributed by atoms with Crippen LogP contribution in [0.1, 0.15) is 39.0 Å². The Balaban J connectivity index is 1.45. The summed E-state index contributed by atoms with van der Waals surface area (Å²) in [5, 5.41) is 0. The molecule has 1 saturated carbocycles. The standard InChI is InChI=1S/C16H28N4O2/c1-13-4-2-3-7-20(13)14(21)12-18-8-10-19(11-9-18)15(22)16(17)5-6-16/h13H,2-12,17H2,1H3. The van der Waals surface area contributed by atoms with Crippen molar-refractivity contribution in [3.63, 3.8) is 0 Å². The zero-order valence-corrected chi connectivity index (χ0v) is 13.6. The Kier molecular flexibility index (Phi) is 4.41. The van der Waals surface area contributed by atoms with Crippen molar-refractivity contribution in [2.24, 2.45) is 5.73 Å². The van der Waals surface area contributed by atoms with Gasteiger partial charge < -0.3 is 15.5 Å². The van der Waals surface area contributed by atoms with Gasteiger partial charge in [0.25, 0.3) is 0 Å². The summed E-state index contributed by atoms with van der Waals surface area (Å²) in [5.74, 6) is 0.340. The molecule has 3 fully saturated rings. The first kappa shape index (κ1) is 15.7. The van der Waals surface area contributed by atoms with Gasteiger partial charge in [0.2, 0.25) is 11.8 Å². The van der Waals surface area contributed by atoms with E-state index in [-0.39, 0.29) is 11.8 Å². The van der Waals surface area contributed by atoms with Crippen molar-refractivity contribution in [3.05, 3.63) is 0 Å². The number of likely N-dealkylation sites (tertiary alicyclic amines) is 1. The molecule has 0 aromatic rings. The lowest BCUT2D eigenvalue weighted by molar-refractivity contribution is -0.138. The highest BCUT2D eigenvalue weighted by molar-refractivity contribution is 5.89. The Bertz CT molecular complexity index is 441. The molecule has 2 saturated heterocycles. The first-order valence-corrected chi connectivity index (χ1v) is 8.60. The molecule has 0 aromatic carbocycles. The van der Waals surface area contributed by atoms with Gasteiger partial charge in [0.1, 0.15) is 0 Å². The molecule has 2 heterocycles. The molecule has 2 amide bonds. The van der Waals surface area contributed by atoms with E-state index in [0.717, 1.165) is 45.3 Å². The minimum atomic E-state index is -0.568. The largest absolute Gasteiger partial charge is 0.339 e. The molecule has 0 radical (unpaired) electrons. The van der Waals surface area contributed by atoms with Gasteiger partial charge in [-0.3, -0.25) is 14.5 Å². The number of amides is 2. The fourth-order valence-corrected chi connectivity index (χ4v) is 3.52. The summed E-state index contributed by atoms with van der Waals surface area (Å²) >= 11 is 0. The molecule has 2 aliphatic heterocycles. The van der Waals surface area contributed by atoms with Crippen molar-refractivity contribution in [2.75, 3.05) is 39.3 Å². The third-order valence-corrected chi connectivity index (χ3v) is 5.36. The smallest absolute Gasteiger partial charge is 0.242 e. The van der Waals surface area contributed by atoms with Crippen molar-refractivity contribution in [3.8, 4) is 0 Å². The van der Waals surface area contributed by atoms with Crippen molar-refractivity contribution >= 4 is 11.8 Å². The lowest BCUT2D eigenvalue weighted by Crippen LogP contribution is -2.56. The van der Waals surface area contributed by atoms with Crippen LogP contribution in [0.15, 0.2) is 0 Å². The van der Waals surface area contributed by atoms with Crippen LogP contribution in [-0.4, -0.2) is 77.4 Å². The van der Waals surface area contributed by atoms with Gasteiger partial charge in [0.15, 0.2) is 0 Å². The highest BCUT2D eigenvalue weighted by atomic mass is 16.2. The van der Waals surface area contributed by atoms with Crippen LogP contribution >= 0.6 is 0 Å². The summed E-state index contributed by atoms with van der Waals surface area (Å²) in [6, 6.07) is 0.371. The summed E-state index contributed by atoms with van der Waals surface area (Å²) in [7, 11) is 0. The Hall–Kier alpha value is -1.14. The number of hydrogen-bond acceptors (Lipinski definition) is 4. The maximum absolute atomic E-state index is 12.4. The fourth-order valence-electron chi connectivity index (χ4n) is 3.52. The summed E-state index contributed by atoms with van der Waals surface area (Å²) in [5.41, 5.74) is 5.42. The zero-order chi connectivity index (χ0) is 15.7. The normalized spacial score (nSPS) is 28.5. The number of piperazine rings is 1. The number of carbonyl (C=O) groups excluding carboxylic acids is 2. The van der Waals surface area contributed by atoms with Gasteiger partial charge in [-0.05, 0) is 39.0 Å². The quantitative estimate of drug-likeness (QED) is 0.798. The van der Waals surface area contributed by atoms with Gasteiger partial charge in [0.05, 0.1) is 12.1 Å². The third kappa shape index (κ3) is 3.27. The molecule has 3 rings (SSSR count). The van der Waals surface area contributed by atoms with Gasteiger partial charge in [-0.2, -0.15) is 0 Å². The Morgan fingerprint density at radius 2 is 1.77 bits per heavy atom. The number of nitrogens with zero attached hydrogens (tertiary/aromatic N) is 3. The van der Waals surface area contributed by atoms with E-state index < -0.39 is 5.54 Å².